The van der Waals surface area contributed by atoms with E-state index in [-0.39, 0.29) is 17.6 Å². The first-order chi connectivity index (χ1) is 13.5. The molecule has 5 atom stereocenters. The fourth-order valence-corrected chi connectivity index (χ4v) is 7.29. The predicted octanol–water partition coefficient (Wildman–Crippen LogP) is 2.23. The lowest BCUT2D eigenvalue weighted by Gasteiger charge is -2.65. The summed E-state index contributed by atoms with van der Waals surface area (Å²) in [6.07, 6.45) is 6.25. The Bertz CT molecular complexity index is 908. The summed E-state index contributed by atoms with van der Waals surface area (Å²) in [6.45, 7) is 6.92. The van der Waals surface area contributed by atoms with Crippen molar-refractivity contribution in [3.8, 4) is 11.5 Å². The highest BCUT2D eigenvalue weighted by Gasteiger charge is 2.76. The van der Waals surface area contributed by atoms with Crippen molar-refractivity contribution in [1.82, 2.24) is 0 Å². The van der Waals surface area contributed by atoms with E-state index in [9.17, 15) is 15.0 Å². The number of carbonyl (C=O) groups is 1. The number of aliphatic hydroxyl groups is 1. The van der Waals surface area contributed by atoms with E-state index in [1.165, 1.54) is 12.8 Å². The van der Waals surface area contributed by atoms with Gasteiger partial charge in [0.15, 0.2) is 23.4 Å². The monoisotopic (exact) mass is 382 g/mol. The van der Waals surface area contributed by atoms with E-state index in [4.69, 9.17) is 4.74 Å². The van der Waals surface area contributed by atoms with Crippen LogP contribution in [0.1, 0.15) is 43.2 Å². The number of nitrogens with zero attached hydrogens (tertiary/aromatic N) is 1. The van der Waals surface area contributed by atoms with Gasteiger partial charge in [-0.1, -0.05) is 12.6 Å². The number of likely N-dealkylation sites (tertiary alicyclic amines) is 1. The number of quaternary nitrogens is 1. The molecular formula is C23H28NO4+. The number of carbonyl (C=O) groups excluding carboxylic acids is 1. The Balaban J connectivity index is 1.60. The molecule has 1 unspecified atom stereocenters. The molecule has 5 heteroatoms. The molecule has 0 amide bonds. The van der Waals surface area contributed by atoms with Crippen molar-refractivity contribution in [2.24, 2.45) is 5.92 Å². The lowest BCUT2D eigenvalue weighted by molar-refractivity contribution is -0.962. The zero-order valence-electron chi connectivity index (χ0n) is 16.2. The van der Waals surface area contributed by atoms with Gasteiger partial charge in [-0.15, -0.1) is 0 Å². The van der Waals surface area contributed by atoms with Crippen molar-refractivity contribution in [1.29, 1.82) is 0 Å². The Labute approximate surface area is 165 Å². The zero-order chi connectivity index (χ0) is 19.3. The lowest BCUT2D eigenvalue weighted by Crippen LogP contribution is -2.81. The van der Waals surface area contributed by atoms with E-state index in [0.717, 1.165) is 54.0 Å². The molecular weight excluding hydrogens is 354 g/mol. The second kappa shape index (κ2) is 5.19. The summed E-state index contributed by atoms with van der Waals surface area (Å²) in [5.41, 5.74) is 0.378. The number of ether oxygens (including phenoxy) is 1. The molecule has 2 bridgehead atoms. The van der Waals surface area contributed by atoms with Crippen LogP contribution in [-0.2, 0) is 16.6 Å². The number of ketones is 1. The topological polar surface area (TPSA) is 66.8 Å². The highest BCUT2D eigenvalue weighted by atomic mass is 16.5. The quantitative estimate of drug-likeness (QED) is 0.619. The van der Waals surface area contributed by atoms with Crippen LogP contribution in [-0.4, -0.2) is 57.9 Å². The summed E-state index contributed by atoms with van der Waals surface area (Å²) in [7, 11) is 0. The average molecular weight is 382 g/mol. The Morgan fingerprint density at radius 3 is 2.89 bits per heavy atom. The maximum Gasteiger partial charge on any atom is 0.174 e. The molecule has 2 aliphatic heterocycles. The van der Waals surface area contributed by atoms with Crippen LogP contribution in [0.4, 0.5) is 0 Å². The molecule has 1 spiro atoms. The molecule has 0 aromatic heterocycles. The van der Waals surface area contributed by atoms with Crippen LogP contribution < -0.4 is 4.74 Å². The van der Waals surface area contributed by atoms with Crippen LogP contribution in [0.3, 0.4) is 0 Å². The molecule has 3 fully saturated rings. The molecule has 3 aliphatic carbocycles. The summed E-state index contributed by atoms with van der Waals surface area (Å²) in [5, 5.41) is 22.8. The normalized spacial score (nSPS) is 42.7. The minimum Gasteiger partial charge on any atom is -0.504 e. The van der Waals surface area contributed by atoms with Crippen LogP contribution in [0.5, 0.6) is 11.5 Å². The summed E-state index contributed by atoms with van der Waals surface area (Å²) in [5.74, 6) is 1.35. The molecule has 1 aromatic carbocycles. The molecule has 6 rings (SSSR count). The Morgan fingerprint density at radius 1 is 1.32 bits per heavy atom. The lowest BCUT2D eigenvalue weighted by atomic mass is 9.48. The van der Waals surface area contributed by atoms with Gasteiger partial charge >= 0.3 is 0 Å². The third-order valence-corrected chi connectivity index (χ3v) is 8.56. The number of phenols is 1. The first kappa shape index (κ1) is 17.0. The molecule has 2 saturated carbocycles. The molecule has 5 nitrogen and oxygen atoms in total. The summed E-state index contributed by atoms with van der Waals surface area (Å²) >= 11 is 0. The number of Topliss-reactive ketones (excluding diaryl/α,β-unsaturated/α-hetero) is 1. The first-order valence-electron chi connectivity index (χ1n) is 10.7. The van der Waals surface area contributed by atoms with Gasteiger partial charge in [-0.25, -0.2) is 0 Å². The fourth-order valence-electron chi connectivity index (χ4n) is 7.29. The van der Waals surface area contributed by atoms with E-state index >= 15 is 0 Å². The second-order valence-electron chi connectivity index (χ2n) is 9.82. The number of aromatic hydroxyl groups is 1. The number of rotatable bonds is 4. The Kier molecular flexibility index (Phi) is 3.16. The summed E-state index contributed by atoms with van der Waals surface area (Å²) < 4.78 is 7.00. The zero-order valence-corrected chi connectivity index (χ0v) is 16.2. The van der Waals surface area contributed by atoms with Crippen LogP contribution in [0.2, 0.25) is 0 Å². The van der Waals surface area contributed by atoms with E-state index in [1.807, 2.05) is 12.1 Å². The molecule has 0 radical (unpaired) electrons. The van der Waals surface area contributed by atoms with Gasteiger partial charge in [0.1, 0.15) is 11.6 Å². The van der Waals surface area contributed by atoms with Gasteiger partial charge in [0.2, 0.25) is 0 Å². The maximum absolute atomic E-state index is 12.9. The van der Waals surface area contributed by atoms with Gasteiger partial charge in [-0.2, -0.15) is 0 Å². The van der Waals surface area contributed by atoms with Gasteiger partial charge in [0, 0.05) is 30.7 Å². The van der Waals surface area contributed by atoms with Gasteiger partial charge < -0.3 is 19.4 Å². The summed E-state index contributed by atoms with van der Waals surface area (Å²) in [6, 6.07) is 3.72. The molecule has 5 aliphatic rings. The number of hydrogen-bond acceptors (Lipinski definition) is 4. The van der Waals surface area contributed by atoms with Gasteiger partial charge in [-0.3, -0.25) is 4.79 Å². The van der Waals surface area contributed by atoms with E-state index in [0.29, 0.717) is 18.6 Å². The van der Waals surface area contributed by atoms with Crippen LogP contribution in [0.25, 0.3) is 0 Å². The number of benzene rings is 1. The minimum atomic E-state index is -0.978. The van der Waals surface area contributed by atoms with E-state index in [2.05, 4.69) is 6.58 Å². The third kappa shape index (κ3) is 1.79. The molecule has 2 N–H and O–H groups in total. The Morgan fingerprint density at radius 2 is 2.14 bits per heavy atom. The highest BCUT2D eigenvalue weighted by Crippen LogP contribution is 2.66. The number of piperidine rings is 1. The van der Waals surface area contributed by atoms with Crippen LogP contribution in [0, 0.1) is 5.92 Å². The minimum absolute atomic E-state index is 0.0436. The van der Waals surface area contributed by atoms with Crippen LogP contribution >= 0.6 is 0 Å². The van der Waals surface area contributed by atoms with Crippen molar-refractivity contribution in [2.45, 2.75) is 61.7 Å². The number of phenolic OH excluding ortho intramolecular Hbond substituents is 1. The largest absolute Gasteiger partial charge is 0.504 e. The van der Waals surface area contributed by atoms with Crippen molar-refractivity contribution in [2.75, 3.05) is 19.6 Å². The Hall–Kier alpha value is -1.85. The van der Waals surface area contributed by atoms with Gasteiger partial charge in [0.05, 0.1) is 25.0 Å². The van der Waals surface area contributed by atoms with Crippen molar-refractivity contribution < 1.29 is 24.2 Å². The van der Waals surface area contributed by atoms with Gasteiger partial charge in [0.25, 0.3) is 0 Å². The second-order valence-corrected chi connectivity index (χ2v) is 9.82. The standard InChI is InChI=1S/C23H27NO4/c1-2-10-24(13-14-3-4-14)11-9-22-19-15-5-6-16(25)20(19)28-21(22)17(26)7-8-23(22,27)18(24)12-15/h2,5-6,14,18,21,27H,1,3-4,7-13H2/p+1/t18-,21+,22-,23-,24?/m1/s1. The van der Waals surface area contributed by atoms with E-state index < -0.39 is 17.1 Å². The maximum atomic E-state index is 12.9. The molecule has 28 heavy (non-hydrogen) atoms. The first-order valence-corrected chi connectivity index (χ1v) is 10.7. The summed E-state index contributed by atoms with van der Waals surface area (Å²) in [4.78, 5) is 12.9. The molecule has 1 saturated heterocycles. The molecule has 1 aromatic rings. The van der Waals surface area contributed by atoms with E-state index in [1.54, 1.807) is 6.07 Å². The van der Waals surface area contributed by atoms with Crippen molar-refractivity contribution in [3.63, 3.8) is 0 Å². The highest BCUT2D eigenvalue weighted by molar-refractivity contribution is 5.90. The third-order valence-electron chi connectivity index (χ3n) is 8.56. The number of hydrogen-bond donors (Lipinski definition) is 2. The van der Waals surface area contributed by atoms with Crippen LogP contribution in [0.15, 0.2) is 24.8 Å². The molecule has 148 valence electrons. The fraction of sp³-hybridized carbons (Fsp3) is 0.609. The SMILES string of the molecule is C=CC[N+]1(CC2CC2)CC[C@@]23c4c5ccc(O)c4O[C@H]2C(=O)CC[C@@]3(O)[C@H]1C5. The predicted molar refractivity (Wildman–Crippen MR) is 103 cm³/mol. The van der Waals surface area contributed by atoms with Gasteiger partial charge in [-0.05, 0) is 37.0 Å². The molecule has 2 heterocycles. The smallest absolute Gasteiger partial charge is 0.174 e. The average Bonchev–Trinajstić information content (AvgIpc) is 3.39. The van der Waals surface area contributed by atoms with Crippen molar-refractivity contribution in [3.05, 3.63) is 35.9 Å². The van der Waals surface area contributed by atoms with Crippen molar-refractivity contribution >= 4 is 5.78 Å².